The Kier molecular flexibility index (Phi) is 4.11. The van der Waals surface area contributed by atoms with E-state index in [1.165, 1.54) is 6.92 Å². The monoisotopic (exact) mass is 328 g/mol. The van der Waals surface area contributed by atoms with E-state index in [1.54, 1.807) is 18.2 Å². The summed E-state index contributed by atoms with van der Waals surface area (Å²) in [6.45, 7) is 3.31. The second kappa shape index (κ2) is 5.54. The van der Waals surface area contributed by atoms with Crippen LogP contribution >= 0.6 is 11.6 Å². The number of hydrogen-bond donors (Lipinski definition) is 2. The minimum atomic E-state index is -3.90. The van der Waals surface area contributed by atoms with Crippen LogP contribution in [0.25, 0.3) is 0 Å². The molecule has 2 aromatic carbocycles. The molecule has 0 spiro atoms. The molecule has 0 radical (unpaired) electrons. The lowest BCUT2D eigenvalue weighted by Crippen LogP contribution is -2.15. The highest BCUT2D eigenvalue weighted by atomic mass is 35.5. The molecule has 112 valence electrons. The molecule has 2 aromatic rings. The summed E-state index contributed by atoms with van der Waals surface area (Å²) in [4.78, 5) is -0.0843. The topological polar surface area (TPSA) is 72.2 Å². The molecule has 0 aliphatic rings. The summed E-state index contributed by atoms with van der Waals surface area (Å²) in [5.74, 6) is -0.653. The van der Waals surface area contributed by atoms with Gasteiger partial charge in [0.25, 0.3) is 10.0 Å². The summed E-state index contributed by atoms with van der Waals surface area (Å²) >= 11 is 5.97. The number of halogens is 2. The Labute approximate surface area is 127 Å². The lowest BCUT2D eigenvalue weighted by Gasteiger charge is -2.13. The van der Waals surface area contributed by atoms with Gasteiger partial charge in [-0.25, -0.2) is 12.8 Å². The zero-order chi connectivity index (χ0) is 15.8. The van der Waals surface area contributed by atoms with Crippen molar-refractivity contribution in [3.8, 4) is 0 Å². The van der Waals surface area contributed by atoms with Crippen LogP contribution in [-0.4, -0.2) is 8.42 Å². The predicted octanol–water partition coefficient (Wildman–Crippen LogP) is 3.48. The minimum absolute atomic E-state index is 0.0843. The van der Waals surface area contributed by atoms with Gasteiger partial charge >= 0.3 is 0 Å². The average molecular weight is 329 g/mol. The van der Waals surface area contributed by atoms with E-state index in [0.717, 1.165) is 17.7 Å². The van der Waals surface area contributed by atoms with Gasteiger partial charge in [-0.1, -0.05) is 17.7 Å². The summed E-state index contributed by atoms with van der Waals surface area (Å²) in [7, 11) is -3.90. The molecule has 0 aromatic heterocycles. The molecule has 0 saturated heterocycles. The van der Waals surface area contributed by atoms with Crippen molar-refractivity contribution >= 4 is 33.0 Å². The van der Waals surface area contributed by atoms with Gasteiger partial charge < -0.3 is 5.73 Å². The summed E-state index contributed by atoms with van der Waals surface area (Å²) < 4.78 is 40.5. The molecule has 0 atom stereocenters. The summed E-state index contributed by atoms with van der Waals surface area (Å²) in [6, 6.07) is 7.16. The van der Waals surface area contributed by atoms with Crippen molar-refractivity contribution in [2.24, 2.45) is 0 Å². The van der Waals surface area contributed by atoms with Crippen molar-refractivity contribution in [3.05, 3.63) is 52.3 Å². The van der Waals surface area contributed by atoms with E-state index in [-0.39, 0.29) is 26.9 Å². The molecule has 0 heterocycles. The first-order valence-corrected chi connectivity index (χ1v) is 7.91. The lowest BCUT2D eigenvalue weighted by atomic mass is 10.2. The van der Waals surface area contributed by atoms with Crippen molar-refractivity contribution in [3.63, 3.8) is 0 Å². The largest absolute Gasteiger partial charge is 0.396 e. The van der Waals surface area contributed by atoms with E-state index in [2.05, 4.69) is 4.72 Å². The third-order valence-corrected chi connectivity index (χ3v) is 4.79. The van der Waals surface area contributed by atoms with Crippen LogP contribution in [0.3, 0.4) is 0 Å². The van der Waals surface area contributed by atoms with Gasteiger partial charge in [-0.05, 0) is 49.2 Å². The van der Waals surface area contributed by atoms with Gasteiger partial charge in [-0.15, -0.1) is 0 Å². The van der Waals surface area contributed by atoms with Crippen LogP contribution in [0.2, 0.25) is 5.02 Å². The standard InChI is InChI=1S/C14H14ClFN2O2S/c1-8-3-4-10(15)13(5-8)18-21(19,20)14-7-12(17)11(16)6-9(14)2/h3-7,18H,17H2,1-2H3. The highest BCUT2D eigenvalue weighted by molar-refractivity contribution is 7.92. The van der Waals surface area contributed by atoms with E-state index < -0.39 is 15.8 Å². The molecule has 0 aliphatic carbocycles. The van der Waals surface area contributed by atoms with Gasteiger partial charge in [0.05, 0.1) is 21.3 Å². The van der Waals surface area contributed by atoms with Crippen LogP contribution < -0.4 is 10.5 Å². The van der Waals surface area contributed by atoms with Gasteiger partial charge in [0.2, 0.25) is 0 Å². The Hall–Kier alpha value is -1.79. The van der Waals surface area contributed by atoms with Crippen molar-refractivity contribution in [2.45, 2.75) is 18.7 Å². The molecule has 0 saturated carbocycles. The molecule has 2 rings (SSSR count). The number of nitrogen functional groups attached to an aromatic ring is 1. The number of benzene rings is 2. The van der Waals surface area contributed by atoms with Crippen LogP contribution in [0.15, 0.2) is 35.2 Å². The van der Waals surface area contributed by atoms with E-state index in [1.807, 2.05) is 6.92 Å². The van der Waals surface area contributed by atoms with Crippen LogP contribution in [-0.2, 0) is 10.0 Å². The first-order valence-electron chi connectivity index (χ1n) is 6.05. The fraction of sp³-hybridized carbons (Fsp3) is 0.143. The number of sulfonamides is 1. The van der Waals surface area contributed by atoms with E-state index >= 15 is 0 Å². The van der Waals surface area contributed by atoms with E-state index in [4.69, 9.17) is 17.3 Å². The molecule has 7 heteroatoms. The molecule has 0 unspecified atom stereocenters. The SMILES string of the molecule is Cc1ccc(Cl)c(NS(=O)(=O)c2cc(N)c(F)cc2C)c1. The number of nitrogens with two attached hydrogens (primary N) is 1. The van der Waals surface area contributed by atoms with Crippen molar-refractivity contribution in [1.82, 2.24) is 0 Å². The second-order valence-corrected chi connectivity index (χ2v) is 6.79. The summed E-state index contributed by atoms with van der Waals surface area (Å²) in [5.41, 5.74) is 6.59. The Morgan fingerprint density at radius 1 is 1.19 bits per heavy atom. The number of aryl methyl sites for hydroxylation is 2. The Balaban J connectivity index is 2.48. The molecule has 0 amide bonds. The van der Waals surface area contributed by atoms with Crippen molar-refractivity contribution in [1.29, 1.82) is 0 Å². The number of hydrogen-bond acceptors (Lipinski definition) is 3. The zero-order valence-corrected chi connectivity index (χ0v) is 13.0. The number of anilines is 2. The van der Waals surface area contributed by atoms with Crippen LogP contribution in [0.5, 0.6) is 0 Å². The smallest absolute Gasteiger partial charge is 0.262 e. The maximum absolute atomic E-state index is 13.3. The highest BCUT2D eigenvalue weighted by Gasteiger charge is 2.20. The fourth-order valence-corrected chi connectivity index (χ4v) is 3.43. The van der Waals surface area contributed by atoms with Gasteiger partial charge in [-0.2, -0.15) is 0 Å². The average Bonchev–Trinajstić information content (AvgIpc) is 2.37. The quantitative estimate of drug-likeness (QED) is 0.847. The van der Waals surface area contributed by atoms with Gasteiger partial charge in [0.15, 0.2) is 0 Å². The molecule has 4 nitrogen and oxygen atoms in total. The van der Waals surface area contributed by atoms with Gasteiger partial charge in [-0.3, -0.25) is 4.72 Å². The summed E-state index contributed by atoms with van der Waals surface area (Å²) in [5, 5.41) is 0.275. The van der Waals surface area contributed by atoms with Crippen molar-refractivity contribution < 1.29 is 12.8 Å². The maximum atomic E-state index is 13.3. The minimum Gasteiger partial charge on any atom is -0.396 e. The molecule has 0 aliphatic heterocycles. The van der Waals surface area contributed by atoms with Gasteiger partial charge in [0.1, 0.15) is 5.82 Å². The molecule has 0 bridgehead atoms. The number of nitrogens with one attached hydrogen (secondary N) is 1. The Bertz CT molecular complexity index is 807. The molecule has 0 fully saturated rings. The first-order chi connectivity index (χ1) is 9.70. The third kappa shape index (κ3) is 3.28. The molecule has 21 heavy (non-hydrogen) atoms. The van der Waals surface area contributed by atoms with Crippen LogP contribution in [0, 0.1) is 19.7 Å². The highest BCUT2D eigenvalue weighted by Crippen LogP contribution is 2.28. The van der Waals surface area contributed by atoms with Crippen molar-refractivity contribution in [2.75, 3.05) is 10.5 Å². The fourth-order valence-electron chi connectivity index (χ4n) is 1.88. The first kappa shape index (κ1) is 15.6. The molecular weight excluding hydrogens is 315 g/mol. The summed E-state index contributed by atoms with van der Waals surface area (Å²) in [6.07, 6.45) is 0. The number of rotatable bonds is 3. The van der Waals surface area contributed by atoms with E-state index in [0.29, 0.717) is 0 Å². The lowest BCUT2D eigenvalue weighted by molar-refractivity contribution is 0.599. The maximum Gasteiger partial charge on any atom is 0.262 e. The Morgan fingerprint density at radius 2 is 1.86 bits per heavy atom. The molecule has 3 N–H and O–H groups in total. The van der Waals surface area contributed by atoms with Crippen LogP contribution in [0.4, 0.5) is 15.8 Å². The second-order valence-electron chi connectivity index (χ2n) is 4.73. The normalized spacial score (nSPS) is 11.4. The zero-order valence-electron chi connectivity index (χ0n) is 11.4. The predicted molar refractivity (Wildman–Crippen MR) is 82.5 cm³/mol. The third-order valence-electron chi connectivity index (χ3n) is 2.95. The van der Waals surface area contributed by atoms with Crippen LogP contribution in [0.1, 0.15) is 11.1 Å². The molecular formula is C14H14ClFN2O2S. The van der Waals surface area contributed by atoms with Gasteiger partial charge in [0, 0.05) is 0 Å². The Morgan fingerprint density at radius 3 is 2.52 bits per heavy atom. The van der Waals surface area contributed by atoms with E-state index in [9.17, 15) is 12.8 Å².